The Labute approximate surface area is 154 Å². The van der Waals surface area contributed by atoms with Crippen molar-refractivity contribution in [2.75, 3.05) is 0 Å². The SMILES string of the molecule is CC(NC(=O)OCc1ccccc1)C(=O)NCc1ccc(C(F)(F)F)cc1. The van der Waals surface area contributed by atoms with Gasteiger partial charge < -0.3 is 15.4 Å². The van der Waals surface area contributed by atoms with Gasteiger partial charge in [0, 0.05) is 6.54 Å². The van der Waals surface area contributed by atoms with Gasteiger partial charge >= 0.3 is 12.3 Å². The van der Waals surface area contributed by atoms with Crippen molar-refractivity contribution in [3.8, 4) is 0 Å². The quantitative estimate of drug-likeness (QED) is 0.804. The van der Waals surface area contributed by atoms with Crippen LogP contribution in [0.2, 0.25) is 0 Å². The molecule has 144 valence electrons. The number of benzene rings is 2. The summed E-state index contributed by atoms with van der Waals surface area (Å²) in [5.41, 5.74) is 0.566. The van der Waals surface area contributed by atoms with E-state index in [1.54, 1.807) is 12.1 Å². The van der Waals surface area contributed by atoms with Crippen LogP contribution in [0.15, 0.2) is 54.6 Å². The molecule has 27 heavy (non-hydrogen) atoms. The van der Waals surface area contributed by atoms with Gasteiger partial charge in [-0.15, -0.1) is 0 Å². The lowest BCUT2D eigenvalue weighted by molar-refractivity contribution is -0.137. The Morgan fingerprint density at radius 2 is 1.63 bits per heavy atom. The number of alkyl carbamates (subject to hydrolysis) is 1. The number of halogens is 3. The fraction of sp³-hybridized carbons (Fsp3) is 0.263. The van der Waals surface area contributed by atoms with Gasteiger partial charge in [-0.1, -0.05) is 42.5 Å². The van der Waals surface area contributed by atoms with Crippen LogP contribution < -0.4 is 10.6 Å². The summed E-state index contributed by atoms with van der Waals surface area (Å²) >= 11 is 0. The van der Waals surface area contributed by atoms with E-state index in [-0.39, 0.29) is 13.2 Å². The van der Waals surface area contributed by atoms with Crippen LogP contribution in [0.4, 0.5) is 18.0 Å². The maximum Gasteiger partial charge on any atom is 0.416 e. The average molecular weight is 380 g/mol. The number of amides is 2. The topological polar surface area (TPSA) is 67.4 Å². The maximum absolute atomic E-state index is 12.5. The lowest BCUT2D eigenvalue weighted by Crippen LogP contribution is -2.44. The van der Waals surface area contributed by atoms with Gasteiger partial charge in [-0.25, -0.2) is 4.79 Å². The molecule has 1 unspecified atom stereocenters. The third kappa shape index (κ3) is 6.65. The van der Waals surface area contributed by atoms with Crippen LogP contribution in [0.5, 0.6) is 0 Å². The minimum Gasteiger partial charge on any atom is -0.445 e. The fourth-order valence-corrected chi connectivity index (χ4v) is 2.16. The molecule has 0 aromatic heterocycles. The zero-order chi connectivity index (χ0) is 19.9. The Morgan fingerprint density at radius 1 is 1.00 bits per heavy atom. The molecule has 0 spiro atoms. The molecule has 8 heteroatoms. The van der Waals surface area contributed by atoms with Crippen molar-refractivity contribution in [3.63, 3.8) is 0 Å². The Balaban J connectivity index is 1.75. The summed E-state index contributed by atoms with van der Waals surface area (Å²) in [6.45, 7) is 1.60. The Morgan fingerprint density at radius 3 is 2.22 bits per heavy atom. The van der Waals surface area contributed by atoms with Gasteiger partial charge in [-0.2, -0.15) is 13.2 Å². The monoisotopic (exact) mass is 380 g/mol. The van der Waals surface area contributed by atoms with Gasteiger partial charge in [0.2, 0.25) is 5.91 Å². The first-order valence-electron chi connectivity index (χ1n) is 8.17. The summed E-state index contributed by atoms with van der Waals surface area (Å²) in [4.78, 5) is 23.7. The van der Waals surface area contributed by atoms with Crippen molar-refractivity contribution in [3.05, 3.63) is 71.3 Å². The van der Waals surface area contributed by atoms with Crippen LogP contribution in [-0.2, 0) is 28.9 Å². The summed E-state index contributed by atoms with van der Waals surface area (Å²) in [7, 11) is 0. The molecule has 2 rings (SSSR count). The Kier molecular flexibility index (Phi) is 6.81. The van der Waals surface area contributed by atoms with Gasteiger partial charge in [-0.05, 0) is 30.2 Å². The third-order valence-corrected chi connectivity index (χ3v) is 3.69. The highest BCUT2D eigenvalue weighted by Crippen LogP contribution is 2.29. The first kappa shape index (κ1) is 20.3. The molecule has 0 saturated carbocycles. The number of carbonyl (C=O) groups excluding carboxylic acids is 2. The normalized spacial score (nSPS) is 12.1. The molecule has 0 heterocycles. The molecule has 0 saturated heterocycles. The van der Waals surface area contributed by atoms with E-state index in [4.69, 9.17) is 4.74 Å². The fourth-order valence-electron chi connectivity index (χ4n) is 2.16. The van der Waals surface area contributed by atoms with Gasteiger partial charge in [0.05, 0.1) is 5.56 Å². The summed E-state index contributed by atoms with van der Waals surface area (Å²) in [5, 5.41) is 4.94. The minimum absolute atomic E-state index is 0.0437. The van der Waals surface area contributed by atoms with Crippen LogP contribution in [0, 0.1) is 0 Å². The van der Waals surface area contributed by atoms with Gasteiger partial charge in [0.15, 0.2) is 0 Å². The molecule has 2 aromatic carbocycles. The van der Waals surface area contributed by atoms with Crippen LogP contribution in [0.1, 0.15) is 23.6 Å². The second-order valence-electron chi connectivity index (χ2n) is 5.84. The van der Waals surface area contributed by atoms with Crippen molar-refractivity contribution in [2.24, 2.45) is 0 Å². The molecule has 1 atom stereocenters. The van der Waals surface area contributed by atoms with Crippen LogP contribution >= 0.6 is 0 Å². The molecule has 0 aliphatic rings. The number of rotatable bonds is 6. The lowest BCUT2D eigenvalue weighted by Gasteiger charge is -2.14. The van der Waals surface area contributed by atoms with Crippen LogP contribution in [0.3, 0.4) is 0 Å². The summed E-state index contributed by atoms with van der Waals surface area (Å²) in [6.07, 6.45) is -5.14. The molecule has 0 bridgehead atoms. The van der Waals surface area contributed by atoms with E-state index in [9.17, 15) is 22.8 Å². The van der Waals surface area contributed by atoms with E-state index in [1.807, 2.05) is 18.2 Å². The molecule has 2 N–H and O–H groups in total. The largest absolute Gasteiger partial charge is 0.445 e. The second kappa shape index (κ2) is 9.07. The summed E-state index contributed by atoms with van der Waals surface area (Å²) in [5.74, 6) is -0.480. The van der Waals surface area contributed by atoms with Crippen molar-refractivity contribution in [1.82, 2.24) is 10.6 Å². The first-order valence-corrected chi connectivity index (χ1v) is 8.17. The van der Waals surface area contributed by atoms with E-state index in [2.05, 4.69) is 10.6 Å². The average Bonchev–Trinajstić information content (AvgIpc) is 2.65. The van der Waals surface area contributed by atoms with Gasteiger partial charge in [0.1, 0.15) is 12.6 Å². The highest BCUT2D eigenvalue weighted by atomic mass is 19.4. The maximum atomic E-state index is 12.5. The zero-order valence-corrected chi connectivity index (χ0v) is 14.5. The molecule has 2 aromatic rings. The van der Waals surface area contributed by atoms with Crippen LogP contribution in [-0.4, -0.2) is 18.0 Å². The zero-order valence-electron chi connectivity index (χ0n) is 14.5. The standard InChI is InChI=1S/C19H19F3N2O3/c1-13(24-18(26)27-12-15-5-3-2-4-6-15)17(25)23-11-14-7-9-16(10-8-14)19(20,21)22/h2-10,13H,11-12H2,1H3,(H,23,25)(H,24,26). The molecule has 5 nitrogen and oxygen atoms in total. The second-order valence-corrected chi connectivity index (χ2v) is 5.84. The molecule has 2 amide bonds. The van der Waals surface area contributed by atoms with Crippen molar-refractivity contribution in [2.45, 2.75) is 32.3 Å². The van der Waals surface area contributed by atoms with E-state index in [0.29, 0.717) is 5.56 Å². The number of alkyl halides is 3. The van der Waals surface area contributed by atoms with Crippen molar-refractivity contribution >= 4 is 12.0 Å². The van der Waals surface area contributed by atoms with E-state index >= 15 is 0 Å². The number of nitrogens with one attached hydrogen (secondary N) is 2. The summed E-state index contributed by atoms with van der Waals surface area (Å²) in [6, 6.07) is 12.7. The van der Waals surface area contributed by atoms with Crippen molar-refractivity contribution < 1.29 is 27.5 Å². The number of hydrogen-bond donors (Lipinski definition) is 2. The highest BCUT2D eigenvalue weighted by molar-refractivity contribution is 5.85. The molecule has 0 aliphatic heterocycles. The molecule has 0 fully saturated rings. The van der Waals surface area contributed by atoms with E-state index < -0.39 is 29.8 Å². The van der Waals surface area contributed by atoms with Gasteiger partial charge in [0.25, 0.3) is 0 Å². The molecular weight excluding hydrogens is 361 g/mol. The lowest BCUT2D eigenvalue weighted by atomic mass is 10.1. The minimum atomic E-state index is -4.40. The number of hydrogen-bond acceptors (Lipinski definition) is 3. The van der Waals surface area contributed by atoms with E-state index in [0.717, 1.165) is 17.7 Å². The molecule has 0 radical (unpaired) electrons. The molecule has 0 aliphatic carbocycles. The number of ether oxygens (including phenoxy) is 1. The first-order chi connectivity index (χ1) is 12.8. The predicted molar refractivity (Wildman–Crippen MR) is 92.5 cm³/mol. The predicted octanol–water partition coefficient (Wildman–Crippen LogP) is 3.64. The third-order valence-electron chi connectivity index (χ3n) is 3.69. The van der Waals surface area contributed by atoms with Crippen LogP contribution in [0.25, 0.3) is 0 Å². The summed E-state index contributed by atoms with van der Waals surface area (Å²) < 4.78 is 42.6. The Bertz CT molecular complexity index is 762. The molecular formula is C19H19F3N2O3. The van der Waals surface area contributed by atoms with Gasteiger partial charge in [-0.3, -0.25) is 4.79 Å². The van der Waals surface area contributed by atoms with Crippen molar-refractivity contribution in [1.29, 1.82) is 0 Å². The van der Waals surface area contributed by atoms with E-state index in [1.165, 1.54) is 19.1 Å². The highest BCUT2D eigenvalue weighted by Gasteiger charge is 2.29. The Hall–Kier alpha value is -3.03. The number of carbonyl (C=O) groups is 2. The smallest absolute Gasteiger partial charge is 0.416 e.